The zero-order chi connectivity index (χ0) is 11.8. The van der Waals surface area contributed by atoms with Gasteiger partial charge in [-0.25, -0.2) is 4.39 Å². The van der Waals surface area contributed by atoms with E-state index in [0.29, 0.717) is 23.2 Å². The molecule has 0 aromatic heterocycles. The molecule has 0 unspecified atom stereocenters. The van der Waals surface area contributed by atoms with E-state index < -0.39 is 0 Å². The van der Waals surface area contributed by atoms with Crippen LogP contribution in [-0.2, 0) is 0 Å². The summed E-state index contributed by atoms with van der Waals surface area (Å²) in [4.78, 5) is 0. The van der Waals surface area contributed by atoms with E-state index in [0.717, 1.165) is 12.0 Å². The maximum absolute atomic E-state index is 13.7. The summed E-state index contributed by atoms with van der Waals surface area (Å²) >= 11 is 0. The van der Waals surface area contributed by atoms with E-state index >= 15 is 0 Å². The van der Waals surface area contributed by atoms with Crippen LogP contribution in [0.4, 0.5) is 4.39 Å². The Labute approximate surface area is 97.4 Å². The van der Waals surface area contributed by atoms with Gasteiger partial charge in [-0.3, -0.25) is 0 Å². The number of nitrogens with two attached hydrogens (primary N) is 1. The Kier molecular flexibility index (Phi) is 1.37. The van der Waals surface area contributed by atoms with Crippen molar-refractivity contribution < 1.29 is 9.60 Å². The highest BCUT2D eigenvalue weighted by Gasteiger charge is 2.89. The van der Waals surface area contributed by atoms with Gasteiger partial charge in [-0.2, -0.15) is 0 Å². The minimum absolute atomic E-state index is 0.184. The molecule has 86 valence electrons. The second-order valence-electron chi connectivity index (χ2n) is 5.01. The van der Waals surface area contributed by atoms with Gasteiger partial charge in [0.1, 0.15) is 11.7 Å². The van der Waals surface area contributed by atoms with Gasteiger partial charge in [0.05, 0.1) is 5.41 Å². The molecule has 3 atom stereocenters. The number of halogens is 1. The van der Waals surface area contributed by atoms with E-state index in [1.165, 1.54) is 11.6 Å². The number of oxime groups is 1. The number of amidine groups is 1. The van der Waals surface area contributed by atoms with Crippen LogP contribution in [-0.4, -0.2) is 11.0 Å². The first-order valence-electron chi connectivity index (χ1n) is 5.69. The zero-order valence-electron chi connectivity index (χ0n) is 9.02. The molecule has 2 saturated carbocycles. The Morgan fingerprint density at radius 2 is 2.24 bits per heavy atom. The van der Waals surface area contributed by atoms with Crippen molar-refractivity contribution >= 4 is 11.4 Å². The smallest absolute Gasteiger partial charge is 0.150 e. The number of hydrogen-bond acceptors (Lipinski definition) is 2. The Morgan fingerprint density at radius 3 is 2.88 bits per heavy atom. The first-order valence-corrected chi connectivity index (χ1v) is 5.69. The van der Waals surface area contributed by atoms with Crippen molar-refractivity contribution in [2.45, 2.75) is 6.42 Å². The van der Waals surface area contributed by atoms with Gasteiger partial charge in [0.15, 0.2) is 0 Å². The maximum Gasteiger partial charge on any atom is 0.150 e. The lowest BCUT2D eigenvalue weighted by Gasteiger charge is -2.02. The average molecular weight is 230 g/mol. The average Bonchev–Trinajstić information content (AvgIpc) is 3.09. The molecule has 0 amide bonds. The molecule has 1 aromatic carbocycles. The van der Waals surface area contributed by atoms with Crippen molar-refractivity contribution in [3.8, 4) is 0 Å². The van der Waals surface area contributed by atoms with Crippen molar-refractivity contribution in [1.29, 1.82) is 0 Å². The van der Waals surface area contributed by atoms with Crippen molar-refractivity contribution in [2.75, 3.05) is 0 Å². The van der Waals surface area contributed by atoms with Crippen molar-refractivity contribution in [3.63, 3.8) is 0 Å². The summed E-state index contributed by atoms with van der Waals surface area (Å²) in [5.74, 6) is 0.987. The normalized spacial score (nSPS) is 37.1. The van der Waals surface area contributed by atoms with Crippen molar-refractivity contribution in [3.05, 3.63) is 41.2 Å². The number of benzene rings is 1. The van der Waals surface area contributed by atoms with E-state index in [-0.39, 0.29) is 11.2 Å². The van der Waals surface area contributed by atoms with Crippen LogP contribution in [0.2, 0.25) is 0 Å². The van der Waals surface area contributed by atoms with Crippen LogP contribution in [0.1, 0.15) is 12.0 Å². The van der Waals surface area contributed by atoms with Crippen molar-refractivity contribution in [1.82, 2.24) is 0 Å². The molecule has 0 aliphatic heterocycles. The van der Waals surface area contributed by atoms with Gasteiger partial charge in [-0.15, -0.1) is 0 Å². The van der Waals surface area contributed by atoms with E-state index in [1.54, 1.807) is 12.1 Å². The second-order valence-corrected chi connectivity index (χ2v) is 5.01. The van der Waals surface area contributed by atoms with Gasteiger partial charge < -0.3 is 10.9 Å². The van der Waals surface area contributed by atoms with E-state index in [9.17, 15) is 4.39 Å². The number of nitrogens with zero attached hydrogens (tertiary/aromatic N) is 1. The molecule has 0 spiro atoms. The standard InChI is InChI=1S/C13H11FN2O/c14-9-4-2-1-3-6(9)7-5-8-11-10(7)13(8,11)12(15)16-17/h1-4,8,11,17H,5H2,(H2,15,16)/t8-,11-,13+/m1/s1. The minimum Gasteiger partial charge on any atom is -0.409 e. The highest BCUT2D eigenvalue weighted by molar-refractivity contribution is 6.07. The Balaban J connectivity index is 1.82. The van der Waals surface area contributed by atoms with Crippen LogP contribution in [0.5, 0.6) is 0 Å². The fourth-order valence-corrected chi connectivity index (χ4v) is 3.71. The number of fused-ring (bicyclic) bond motifs is 1. The lowest BCUT2D eigenvalue weighted by Crippen LogP contribution is -2.21. The number of rotatable bonds is 2. The van der Waals surface area contributed by atoms with Crippen LogP contribution in [0, 0.1) is 23.1 Å². The second kappa shape index (κ2) is 2.53. The molecule has 0 heterocycles. The first kappa shape index (κ1) is 9.22. The highest BCUT2D eigenvalue weighted by atomic mass is 19.1. The molecule has 3 nitrogen and oxygen atoms in total. The molecular formula is C13H11FN2O. The summed E-state index contributed by atoms with van der Waals surface area (Å²) < 4.78 is 13.7. The molecule has 4 aliphatic rings. The van der Waals surface area contributed by atoms with E-state index in [4.69, 9.17) is 10.9 Å². The third kappa shape index (κ3) is 0.800. The Morgan fingerprint density at radius 1 is 1.47 bits per heavy atom. The molecule has 5 rings (SSSR count). The SMILES string of the molecule is N/C(=N\O)[C@]12C3=C(c4ccccc4F)C[C@@H]1[C@H]32. The fraction of sp³-hybridized carbons (Fsp3) is 0.308. The molecule has 1 aromatic rings. The summed E-state index contributed by atoms with van der Waals surface area (Å²) in [5, 5.41) is 11.9. The van der Waals surface area contributed by atoms with E-state index in [1.807, 2.05) is 6.07 Å². The van der Waals surface area contributed by atoms with Gasteiger partial charge in [-0.05, 0) is 29.6 Å². The highest BCUT2D eigenvalue weighted by Crippen LogP contribution is 2.91. The van der Waals surface area contributed by atoms with Gasteiger partial charge in [0.2, 0.25) is 0 Å². The molecule has 17 heavy (non-hydrogen) atoms. The summed E-state index contributed by atoms with van der Waals surface area (Å²) in [6.45, 7) is 0. The summed E-state index contributed by atoms with van der Waals surface area (Å²) in [7, 11) is 0. The van der Waals surface area contributed by atoms with Crippen molar-refractivity contribution in [2.24, 2.45) is 28.1 Å². The van der Waals surface area contributed by atoms with Gasteiger partial charge in [0, 0.05) is 11.5 Å². The summed E-state index contributed by atoms with van der Waals surface area (Å²) in [6, 6.07) is 6.81. The molecule has 2 fully saturated rings. The maximum atomic E-state index is 13.7. The molecular weight excluding hydrogens is 219 g/mol. The zero-order valence-corrected chi connectivity index (χ0v) is 9.02. The monoisotopic (exact) mass is 230 g/mol. The summed E-state index contributed by atoms with van der Waals surface area (Å²) in [5.41, 5.74) is 8.49. The van der Waals surface area contributed by atoms with Crippen LogP contribution >= 0.6 is 0 Å². The molecule has 4 aliphatic carbocycles. The van der Waals surface area contributed by atoms with Gasteiger partial charge >= 0.3 is 0 Å². The Bertz CT molecular complexity index is 607. The molecule has 4 heteroatoms. The van der Waals surface area contributed by atoms with Crippen LogP contribution < -0.4 is 5.73 Å². The lowest BCUT2D eigenvalue weighted by molar-refractivity contribution is 0.315. The number of allylic oxidation sites excluding steroid dienone is 1. The van der Waals surface area contributed by atoms with E-state index in [2.05, 4.69) is 5.16 Å². The predicted molar refractivity (Wildman–Crippen MR) is 60.8 cm³/mol. The van der Waals surface area contributed by atoms with Crippen LogP contribution in [0.3, 0.4) is 0 Å². The van der Waals surface area contributed by atoms with Gasteiger partial charge in [-0.1, -0.05) is 23.4 Å². The predicted octanol–water partition coefficient (Wildman–Crippen LogP) is 1.98. The molecule has 2 bridgehead atoms. The fourth-order valence-electron chi connectivity index (χ4n) is 3.71. The van der Waals surface area contributed by atoms with Crippen LogP contribution in [0.25, 0.3) is 5.57 Å². The third-order valence-corrected chi connectivity index (χ3v) is 4.52. The van der Waals surface area contributed by atoms with Crippen LogP contribution in [0.15, 0.2) is 35.0 Å². The van der Waals surface area contributed by atoms with Gasteiger partial charge in [0.25, 0.3) is 0 Å². The third-order valence-electron chi connectivity index (χ3n) is 4.52. The quantitative estimate of drug-likeness (QED) is 0.353. The topological polar surface area (TPSA) is 58.6 Å². The molecule has 3 N–H and O–H groups in total. The largest absolute Gasteiger partial charge is 0.409 e. The first-order chi connectivity index (χ1) is 8.22. The molecule has 0 saturated heterocycles. The summed E-state index contributed by atoms with van der Waals surface area (Å²) in [6.07, 6.45) is 0.858. The number of hydrogen-bond donors (Lipinski definition) is 2. The minimum atomic E-state index is -0.188. The Hall–Kier alpha value is -1.84. The molecule has 0 radical (unpaired) electrons. The lowest BCUT2D eigenvalue weighted by atomic mass is 10.1.